The van der Waals surface area contributed by atoms with E-state index in [1.54, 1.807) is 6.08 Å². The number of ether oxygens (including phenoxy) is 1. The SMILES string of the molecule is O=C(C=C1c2ccccc2-c2ccccc21)OCCNC(=O)c1cc2ccccc2s1. The van der Waals surface area contributed by atoms with Gasteiger partial charge in [0.15, 0.2) is 0 Å². The molecule has 0 unspecified atom stereocenters. The normalized spacial score (nSPS) is 11.7. The summed E-state index contributed by atoms with van der Waals surface area (Å²) in [6.45, 7) is 0.373. The maximum Gasteiger partial charge on any atom is 0.331 e. The first-order chi connectivity index (χ1) is 15.2. The minimum absolute atomic E-state index is 0.114. The highest BCUT2D eigenvalue weighted by Crippen LogP contribution is 2.43. The summed E-state index contributed by atoms with van der Waals surface area (Å²) in [5.74, 6) is -0.577. The summed E-state index contributed by atoms with van der Waals surface area (Å²) in [4.78, 5) is 25.4. The molecular weight excluding hydrogens is 406 g/mol. The molecule has 1 aliphatic rings. The Morgan fingerprint density at radius 2 is 1.45 bits per heavy atom. The van der Waals surface area contributed by atoms with Crippen LogP contribution in [0.2, 0.25) is 0 Å². The number of amides is 1. The Hall–Kier alpha value is -3.70. The maximum absolute atomic E-state index is 12.4. The largest absolute Gasteiger partial charge is 0.461 e. The summed E-state index contributed by atoms with van der Waals surface area (Å²) in [5.41, 5.74) is 5.16. The second-order valence-corrected chi connectivity index (χ2v) is 8.30. The Balaban J connectivity index is 1.21. The van der Waals surface area contributed by atoms with E-state index in [2.05, 4.69) is 17.4 Å². The smallest absolute Gasteiger partial charge is 0.331 e. The number of nitrogens with one attached hydrogen (secondary N) is 1. The van der Waals surface area contributed by atoms with Crippen LogP contribution in [0.25, 0.3) is 26.8 Å². The molecule has 0 spiro atoms. The lowest BCUT2D eigenvalue weighted by Gasteiger charge is -2.06. The fourth-order valence-corrected chi connectivity index (χ4v) is 4.84. The van der Waals surface area contributed by atoms with Gasteiger partial charge in [-0.15, -0.1) is 11.3 Å². The molecule has 5 rings (SSSR count). The number of rotatable bonds is 5. The summed E-state index contributed by atoms with van der Waals surface area (Å²) < 4.78 is 6.42. The summed E-state index contributed by atoms with van der Waals surface area (Å²) in [5, 5.41) is 3.86. The summed E-state index contributed by atoms with van der Waals surface area (Å²) in [7, 11) is 0. The van der Waals surface area contributed by atoms with Crippen LogP contribution < -0.4 is 5.32 Å². The van der Waals surface area contributed by atoms with E-state index in [0.29, 0.717) is 4.88 Å². The molecule has 0 bridgehead atoms. The van der Waals surface area contributed by atoms with Crippen molar-refractivity contribution in [3.63, 3.8) is 0 Å². The molecule has 1 amide bonds. The van der Waals surface area contributed by atoms with Crippen molar-refractivity contribution in [3.8, 4) is 11.1 Å². The van der Waals surface area contributed by atoms with Gasteiger partial charge in [0, 0.05) is 10.8 Å². The second kappa shape index (κ2) is 8.20. The van der Waals surface area contributed by atoms with Crippen molar-refractivity contribution in [2.45, 2.75) is 0 Å². The first kappa shape index (κ1) is 19.3. The zero-order chi connectivity index (χ0) is 21.2. The monoisotopic (exact) mass is 425 g/mol. The van der Waals surface area contributed by atoms with Crippen molar-refractivity contribution in [2.24, 2.45) is 0 Å². The highest BCUT2D eigenvalue weighted by molar-refractivity contribution is 7.20. The number of fused-ring (bicyclic) bond motifs is 4. The van der Waals surface area contributed by atoms with E-state index in [1.807, 2.05) is 66.7 Å². The van der Waals surface area contributed by atoms with Gasteiger partial charge >= 0.3 is 5.97 Å². The van der Waals surface area contributed by atoms with Crippen molar-refractivity contribution < 1.29 is 14.3 Å². The van der Waals surface area contributed by atoms with Gasteiger partial charge in [0.25, 0.3) is 5.91 Å². The average molecular weight is 426 g/mol. The number of thiophene rings is 1. The minimum atomic E-state index is -0.419. The Morgan fingerprint density at radius 3 is 2.13 bits per heavy atom. The van der Waals surface area contributed by atoms with Gasteiger partial charge in [-0.3, -0.25) is 4.79 Å². The van der Waals surface area contributed by atoms with Crippen molar-refractivity contribution in [1.29, 1.82) is 0 Å². The van der Waals surface area contributed by atoms with Crippen LogP contribution >= 0.6 is 11.3 Å². The zero-order valence-electron chi connectivity index (χ0n) is 16.6. The van der Waals surface area contributed by atoms with Crippen LogP contribution in [0.3, 0.4) is 0 Å². The topological polar surface area (TPSA) is 55.4 Å². The Bertz CT molecular complexity index is 1250. The first-order valence-electron chi connectivity index (χ1n) is 10.0. The molecule has 1 N–H and O–H groups in total. The van der Waals surface area contributed by atoms with Crippen molar-refractivity contribution >= 4 is 38.9 Å². The molecule has 1 heterocycles. The minimum Gasteiger partial charge on any atom is -0.461 e. The van der Waals surface area contributed by atoms with Crippen molar-refractivity contribution in [1.82, 2.24) is 5.32 Å². The molecule has 0 radical (unpaired) electrons. The van der Waals surface area contributed by atoms with Gasteiger partial charge in [-0.2, -0.15) is 0 Å². The van der Waals surface area contributed by atoms with E-state index in [9.17, 15) is 9.59 Å². The Kier molecular flexibility index (Phi) is 5.10. The highest BCUT2D eigenvalue weighted by atomic mass is 32.1. The number of carbonyl (C=O) groups excluding carboxylic acids is 2. The van der Waals surface area contributed by atoms with Crippen molar-refractivity contribution in [3.05, 3.63) is 101 Å². The van der Waals surface area contributed by atoms with Crippen LogP contribution in [-0.2, 0) is 9.53 Å². The summed E-state index contributed by atoms with van der Waals surface area (Å²) >= 11 is 1.45. The number of benzene rings is 3. The molecule has 0 aliphatic heterocycles. The van der Waals surface area contributed by atoms with Crippen LogP contribution in [0.1, 0.15) is 20.8 Å². The van der Waals surface area contributed by atoms with Crippen LogP contribution in [0.4, 0.5) is 0 Å². The fourth-order valence-electron chi connectivity index (χ4n) is 3.86. The van der Waals surface area contributed by atoms with Gasteiger partial charge < -0.3 is 10.1 Å². The van der Waals surface area contributed by atoms with Crippen molar-refractivity contribution in [2.75, 3.05) is 13.2 Å². The third kappa shape index (κ3) is 3.76. The molecule has 0 saturated carbocycles. The van der Waals surface area contributed by atoms with Crippen LogP contribution in [-0.4, -0.2) is 25.0 Å². The molecule has 31 heavy (non-hydrogen) atoms. The van der Waals surface area contributed by atoms with E-state index in [-0.39, 0.29) is 19.1 Å². The third-order valence-electron chi connectivity index (χ3n) is 5.27. The lowest BCUT2D eigenvalue weighted by atomic mass is 10.0. The number of hydrogen-bond donors (Lipinski definition) is 1. The quantitative estimate of drug-likeness (QED) is 0.237. The molecule has 1 aromatic heterocycles. The third-order valence-corrected chi connectivity index (χ3v) is 6.38. The molecular formula is C26H19NO3S. The summed E-state index contributed by atoms with van der Waals surface area (Å²) in [6.07, 6.45) is 1.54. The van der Waals surface area contributed by atoms with Gasteiger partial charge in [0.2, 0.25) is 0 Å². The predicted molar refractivity (Wildman–Crippen MR) is 124 cm³/mol. The van der Waals surface area contributed by atoms with Crippen LogP contribution in [0.15, 0.2) is 84.9 Å². The van der Waals surface area contributed by atoms with E-state index in [1.165, 1.54) is 11.3 Å². The van der Waals surface area contributed by atoms with E-state index < -0.39 is 5.97 Å². The Morgan fingerprint density at radius 1 is 0.839 bits per heavy atom. The van der Waals surface area contributed by atoms with E-state index >= 15 is 0 Å². The lowest BCUT2D eigenvalue weighted by Crippen LogP contribution is -2.27. The number of esters is 1. The predicted octanol–water partition coefficient (Wildman–Crippen LogP) is 5.29. The number of carbonyl (C=O) groups is 2. The average Bonchev–Trinajstić information content (AvgIpc) is 3.37. The molecule has 3 aromatic carbocycles. The zero-order valence-corrected chi connectivity index (χ0v) is 17.4. The standard InChI is InChI=1S/C26H19NO3S/c28-25(16-22-20-10-4-2-8-18(20)19-9-3-5-11-21(19)22)30-14-13-27-26(29)24-15-17-7-1-6-12-23(17)31-24/h1-12,15-16H,13-14H2,(H,27,29). The maximum atomic E-state index is 12.4. The molecule has 152 valence electrons. The molecule has 0 saturated heterocycles. The lowest BCUT2D eigenvalue weighted by molar-refractivity contribution is -0.137. The fraction of sp³-hybridized carbons (Fsp3) is 0.0769. The number of hydrogen-bond acceptors (Lipinski definition) is 4. The molecule has 5 heteroatoms. The molecule has 1 aliphatic carbocycles. The van der Waals surface area contributed by atoms with Gasteiger partial charge in [0.05, 0.1) is 11.4 Å². The van der Waals surface area contributed by atoms with Gasteiger partial charge in [-0.05, 0) is 45.3 Å². The van der Waals surface area contributed by atoms with E-state index in [4.69, 9.17) is 4.74 Å². The highest BCUT2D eigenvalue weighted by Gasteiger charge is 2.23. The first-order valence-corrected chi connectivity index (χ1v) is 10.9. The second-order valence-electron chi connectivity index (χ2n) is 7.22. The molecule has 0 fully saturated rings. The van der Waals surface area contributed by atoms with Gasteiger partial charge in [-0.25, -0.2) is 4.79 Å². The molecule has 4 nitrogen and oxygen atoms in total. The van der Waals surface area contributed by atoms with Crippen LogP contribution in [0, 0.1) is 0 Å². The van der Waals surface area contributed by atoms with Crippen LogP contribution in [0.5, 0.6) is 0 Å². The van der Waals surface area contributed by atoms with Gasteiger partial charge in [-0.1, -0.05) is 66.7 Å². The Labute approximate surface area is 183 Å². The van der Waals surface area contributed by atoms with Gasteiger partial charge in [0.1, 0.15) is 6.61 Å². The molecule has 0 atom stereocenters. The molecule has 4 aromatic rings. The van der Waals surface area contributed by atoms with E-state index in [0.717, 1.165) is 37.9 Å². The summed E-state index contributed by atoms with van der Waals surface area (Å²) in [6, 6.07) is 25.8.